The lowest BCUT2D eigenvalue weighted by Gasteiger charge is -2.07. The summed E-state index contributed by atoms with van der Waals surface area (Å²) in [6, 6.07) is 3.23. The third kappa shape index (κ3) is 7.37. The number of hydrogen-bond acceptors (Lipinski definition) is 8. The second-order valence-electron chi connectivity index (χ2n) is 5.53. The van der Waals surface area contributed by atoms with Crippen LogP contribution in [0.4, 0.5) is 20.7 Å². The SMILES string of the molecule is CS(=O)(=O)NCCCNC(=O)Nc1nonc1C(=Nc1ccc(F)c(Br)c1)NO. The van der Waals surface area contributed by atoms with Crippen molar-refractivity contribution in [3.05, 3.63) is 34.2 Å². The van der Waals surface area contributed by atoms with Crippen LogP contribution < -0.4 is 20.8 Å². The number of halogens is 2. The highest BCUT2D eigenvalue weighted by Crippen LogP contribution is 2.23. The van der Waals surface area contributed by atoms with Gasteiger partial charge in [-0.1, -0.05) is 0 Å². The van der Waals surface area contributed by atoms with Gasteiger partial charge in [0.1, 0.15) is 5.82 Å². The molecule has 1 heterocycles. The third-order valence-electron chi connectivity index (χ3n) is 3.20. The van der Waals surface area contributed by atoms with Crippen LogP contribution in [0, 0.1) is 5.82 Å². The van der Waals surface area contributed by atoms with Gasteiger partial charge in [-0.15, -0.1) is 0 Å². The minimum atomic E-state index is -3.29. The van der Waals surface area contributed by atoms with Crippen LogP contribution in [0.2, 0.25) is 0 Å². The molecule has 0 aliphatic carbocycles. The lowest BCUT2D eigenvalue weighted by molar-refractivity contribution is 0.234. The van der Waals surface area contributed by atoms with Crippen LogP contribution >= 0.6 is 15.9 Å². The van der Waals surface area contributed by atoms with E-state index in [9.17, 15) is 22.8 Å². The average molecular weight is 494 g/mol. The maximum absolute atomic E-state index is 13.3. The Labute approximate surface area is 173 Å². The molecule has 1 aromatic heterocycles. The molecular weight excluding hydrogens is 477 g/mol. The monoisotopic (exact) mass is 493 g/mol. The van der Waals surface area contributed by atoms with Crippen molar-refractivity contribution >= 4 is 49.3 Å². The first kappa shape index (κ1) is 22.7. The second kappa shape index (κ2) is 10.2. The highest BCUT2D eigenvalue weighted by atomic mass is 79.9. The van der Waals surface area contributed by atoms with Gasteiger partial charge in [0.25, 0.3) is 0 Å². The van der Waals surface area contributed by atoms with Crippen LogP contribution in [0.3, 0.4) is 0 Å². The zero-order valence-electron chi connectivity index (χ0n) is 14.9. The van der Waals surface area contributed by atoms with Crippen molar-refractivity contribution in [2.24, 2.45) is 4.99 Å². The summed E-state index contributed by atoms with van der Waals surface area (Å²) in [6.07, 6.45) is 1.39. The maximum Gasteiger partial charge on any atom is 0.320 e. The fourth-order valence-electron chi connectivity index (χ4n) is 1.94. The van der Waals surface area contributed by atoms with Gasteiger partial charge in [0, 0.05) is 13.1 Å². The summed E-state index contributed by atoms with van der Waals surface area (Å²) in [5.74, 6) is -0.841. The molecule has 0 radical (unpaired) electrons. The Morgan fingerprint density at radius 3 is 2.76 bits per heavy atom. The van der Waals surface area contributed by atoms with Gasteiger partial charge < -0.3 is 5.32 Å². The number of sulfonamides is 1. The number of carbonyl (C=O) groups is 1. The number of carbonyl (C=O) groups excluding carboxylic acids is 1. The van der Waals surface area contributed by atoms with E-state index >= 15 is 0 Å². The van der Waals surface area contributed by atoms with Crippen molar-refractivity contribution in [2.45, 2.75) is 6.42 Å². The number of hydrogen-bond donors (Lipinski definition) is 5. The van der Waals surface area contributed by atoms with E-state index in [2.05, 4.69) is 51.2 Å². The zero-order chi connectivity index (χ0) is 21.4. The summed E-state index contributed by atoms with van der Waals surface area (Å²) in [5.41, 5.74) is 1.98. The standard InChI is InChI=1S/C14H17BrFN7O5S/c1-29(26,27)18-6-2-5-17-14(24)20-13-11(22-28-23-13)12(21-25)19-8-3-4-10(16)9(15)7-8/h3-4,7,18,25H,2,5-6H2,1H3,(H,19,21)(H2,17,20,23,24). The molecule has 5 N–H and O–H groups in total. The van der Waals surface area contributed by atoms with E-state index in [0.29, 0.717) is 6.42 Å². The van der Waals surface area contributed by atoms with E-state index in [0.717, 1.165) is 6.26 Å². The summed E-state index contributed by atoms with van der Waals surface area (Å²) in [6.45, 7) is 0.339. The first-order chi connectivity index (χ1) is 13.7. The lowest BCUT2D eigenvalue weighted by Crippen LogP contribution is -2.33. The van der Waals surface area contributed by atoms with Gasteiger partial charge in [-0.05, 0) is 50.9 Å². The van der Waals surface area contributed by atoms with E-state index in [1.807, 2.05) is 5.48 Å². The fourth-order valence-corrected chi connectivity index (χ4v) is 2.82. The molecular formula is C14H17BrFN7O5S. The number of aliphatic imine (C=N–C) groups is 1. The number of hydroxylamine groups is 1. The van der Waals surface area contributed by atoms with Crippen LogP contribution in [0.25, 0.3) is 0 Å². The molecule has 0 bridgehead atoms. The van der Waals surface area contributed by atoms with Crippen LogP contribution in [-0.4, -0.2) is 55.2 Å². The smallest absolute Gasteiger partial charge is 0.320 e. The first-order valence-corrected chi connectivity index (χ1v) is 10.6. The Kier molecular flexibility index (Phi) is 8.00. The number of nitrogens with zero attached hydrogens (tertiary/aromatic N) is 3. The molecule has 0 spiro atoms. The van der Waals surface area contributed by atoms with Crippen molar-refractivity contribution in [1.29, 1.82) is 0 Å². The van der Waals surface area contributed by atoms with Crippen LogP contribution in [0.15, 0.2) is 32.3 Å². The summed E-state index contributed by atoms with van der Waals surface area (Å²) in [7, 11) is -3.29. The van der Waals surface area contributed by atoms with E-state index < -0.39 is 21.9 Å². The quantitative estimate of drug-likeness (QED) is 0.157. The number of anilines is 1. The number of nitrogens with one attached hydrogen (secondary N) is 4. The number of amides is 2. The van der Waals surface area contributed by atoms with Gasteiger partial charge >= 0.3 is 6.03 Å². The largest absolute Gasteiger partial charge is 0.338 e. The minimum Gasteiger partial charge on any atom is -0.338 e. The fraction of sp³-hybridized carbons (Fsp3) is 0.286. The van der Waals surface area contributed by atoms with Crippen LogP contribution in [0.5, 0.6) is 0 Å². The number of benzene rings is 1. The van der Waals surface area contributed by atoms with E-state index in [4.69, 9.17) is 0 Å². The predicted molar refractivity (Wildman–Crippen MR) is 104 cm³/mol. The number of rotatable bonds is 8. The molecule has 1 aromatic carbocycles. The Balaban J connectivity index is 2.00. The number of amidine groups is 1. The second-order valence-corrected chi connectivity index (χ2v) is 8.22. The molecule has 2 aromatic rings. The molecule has 0 aliphatic rings. The van der Waals surface area contributed by atoms with Crippen LogP contribution in [-0.2, 0) is 10.0 Å². The number of aromatic nitrogens is 2. The molecule has 12 nitrogen and oxygen atoms in total. The molecule has 0 saturated heterocycles. The van der Waals surface area contributed by atoms with Gasteiger partial charge in [0.15, 0.2) is 11.5 Å². The molecule has 0 saturated carbocycles. The third-order valence-corrected chi connectivity index (χ3v) is 4.53. The predicted octanol–water partition coefficient (Wildman–Crippen LogP) is 1.09. The highest BCUT2D eigenvalue weighted by Gasteiger charge is 2.18. The average Bonchev–Trinajstić information content (AvgIpc) is 3.09. The summed E-state index contributed by atoms with van der Waals surface area (Å²) < 4.78 is 42.2. The Hall–Kier alpha value is -2.62. The zero-order valence-corrected chi connectivity index (χ0v) is 17.3. The summed E-state index contributed by atoms with van der Waals surface area (Å²) in [4.78, 5) is 16.0. The molecule has 0 unspecified atom stereocenters. The number of urea groups is 1. The van der Waals surface area contributed by atoms with E-state index in [1.54, 1.807) is 0 Å². The summed E-state index contributed by atoms with van der Waals surface area (Å²) >= 11 is 3.02. The molecule has 158 valence electrons. The van der Waals surface area contributed by atoms with Gasteiger partial charge in [0.05, 0.1) is 16.4 Å². The lowest BCUT2D eigenvalue weighted by atomic mass is 10.3. The molecule has 2 rings (SSSR count). The molecule has 0 atom stereocenters. The first-order valence-electron chi connectivity index (χ1n) is 7.96. The van der Waals surface area contributed by atoms with E-state index in [-0.39, 0.29) is 40.6 Å². The van der Waals surface area contributed by atoms with Gasteiger partial charge in [-0.25, -0.2) is 31.9 Å². The molecule has 2 amide bonds. The van der Waals surface area contributed by atoms with Crippen molar-refractivity contribution in [3.8, 4) is 0 Å². The van der Waals surface area contributed by atoms with Gasteiger partial charge in [-0.2, -0.15) is 0 Å². The maximum atomic E-state index is 13.3. The molecule has 29 heavy (non-hydrogen) atoms. The minimum absolute atomic E-state index is 0.109. The topological polar surface area (TPSA) is 171 Å². The summed E-state index contributed by atoms with van der Waals surface area (Å²) in [5, 5.41) is 21.3. The normalized spacial score (nSPS) is 11.9. The van der Waals surface area contributed by atoms with Gasteiger partial charge in [-0.3, -0.25) is 16.0 Å². The van der Waals surface area contributed by atoms with Crippen molar-refractivity contribution < 1.29 is 27.4 Å². The Bertz CT molecular complexity index is 998. The molecule has 0 fully saturated rings. The van der Waals surface area contributed by atoms with Crippen molar-refractivity contribution in [2.75, 3.05) is 24.7 Å². The Morgan fingerprint density at radius 1 is 1.34 bits per heavy atom. The van der Waals surface area contributed by atoms with Crippen molar-refractivity contribution in [3.63, 3.8) is 0 Å². The molecule has 15 heteroatoms. The van der Waals surface area contributed by atoms with Crippen LogP contribution in [0.1, 0.15) is 12.1 Å². The molecule has 0 aliphatic heterocycles. The van der Waals surface area contributed by atoms with E-state index in [1.165, 1.54) is 18.2 Å². The van der Waals surface area contributed by atoms with Gasteiger partial charge in [0.2, 0.25) is 15.8 Å². The van der Waals surface area contributed by atoms with Crippen molar-refractivity contribution in [1.82, 2.24) is 25.8 Å². The Morgan fingerprint density at radius 2 is 2.10 bits per heavy atom. The highest BCUT2D eigenvalue weighted by molar-refractivity contribution is 9.10.